The fourth-order valence-corrected chi connectivity index (χ4v) is 2.16. The van der Waals surface area contributed by atoms with Crippen LogP contribution in [0.2, 0.25) is 10.0 Å². The molecule has 3 nitrogen and oxygen atoms in total. The van der Waals surface area contributed by atoms with Crippen LogP contribution in [0.5, 0.6) is 0 Å². The molecule has 0 atom stereocenters. The summed E-state index contributed by atoms with van der Waals surface area (Å²) in [5.74, 6) is 0. The number of hydrogen-bond donors (Lipinski definition) is 2. The van der Waals surface area contributed by atoms with Crippen LogP contribution >= 0.6 is 23.2 Å². The quantitative estimate of drug-likeness (QED) is 0.624. The Bertz CT molecular complexity index is 639. The van der Waals surface area contributed by atoms with Crippen LogP contribution in [0.3, 0.4) is 0 Å². The van der Waals surface area contributed by atoms with Crippen molar-refractivity contribution >= 4 is 40.3 Å². The molecule has 0 aliphatic rings. The van der Waals surface area contributed by atoms with Gasteiger partial charge in [0, 0.05) is 28.3 Å². The number of halogens is 2. The number of nitrogens with one attached hydrogen (secondary N) is 2. The molecule has 0 amide bonds. The molecular weight excluding hydrogens is 293 g/mol. The second-order valence-electron chi connectivity index (χ2n) is 4.26. The summed E-state index contributed by atoms with van der Waals surface area (Å²) in [5, 5.41) is 8.83. The van der Waals surface area contributed by atoms with E-state index in [1.165, 1.54) is 0 Å². The fraction of sp³-hybridized carbons (Fsp3) is 0.133. The molecule has 0 aliphatic heterocycles. The Balaban J connectivity index is 2.24. The fourth-order valence-electron chi connectivity index (χ4n) is 1.80. The predicted octanol–water partition coefficient (Wildman–Crippen LogP) is 4.87. The second kappa shape index (κ2) is 6.64. The van der Waals surface area contributed by atoms with Gasteiger partial charge in [-0.1, -0.05) is 29.3 Å². The first-order valence-corrected chi connectivity index (χ1v) is 6.89. The normalized spacial score (nSPS) is 11.3. The maximum Gasteiger partial charge on any atom is 0.0669 e. The first-order chi connectivity index (χ1) is 9.60. The largest absolute Gasteiger partial charge is 0.388 e. The third kappa shape index (κ3) is 3.65. The van der Waals surface area contributed by atoms with Crippen LogP contribution in [0.4, 0.5) is 11.4 Å². The number of hydrazone groups is 1. The Labute approximate surface area is 128 Å². The van der Waals surface area contributed by atoms with Crippen molar-refractivity contribution in [3.8, 4) is 0 Å². The molecule has 104 valence electrons. The number of hydrogen-bond acceptors (Lipinski definition) is 3. The summed E-state index contributed by atoms with van der Waals surface area (Å²) in [6, 6.07) is 13.1. The molecule has 2 N–H and O–H groups in total. The zero-order valence-corrected chi connectivity index (χ0v) is 12.8. The topological polar surface area (TPSA) is 36.4 Å². The average molecular weight is 308 g/mol. The van der Waals surface area contributed by atoms with Gasteiger partial charge in [-0.2, -0.15) is 5.10 Å². The van der Waals surface area contributed by atoms with E-state index in [9.17, 15) is 0 Å². The molecule has 0 aromatic heterocycles. The van der Waals surface area contributed by atoms with Crippen LogP contribution in [0.25, 0.3) is 0 Å². The highest BCUT2D eigenvalue weighted by atomic mass is 35.5. The van der Waals surface area contributed by atoms with Gasteiger partial charge in [0.2, 0.25) is 0 Å². The minimum atomic E-state index is 0.668. The Morgan fingerprint density at radius 2 is 1.80 bits per heavy atom. The molecule has 0 unspecified atom stereocenters. The van der Waals surface area contributed by atoms with Gasteiger partial charge in [0.05, 0.1) is 11.4 Å². The highest BCUT2D eigenvalue weighted by Gasteiger charge is 2.05. The SMILES string of the molecule is CNc1ccc(Cl)cc1/C(C)=N\Nc1cccc(Cl)c1. The van der Waals surface area contributed by atoms with Gasteiger partial charge in [-0.15, -0.1) is 0 Å². The highest BCUT2D eigenvalue weighted by molar-refractivity contribution is 6.31. The van der Waals surface area contributed by atoms with E-state index < -0.39 is 0 Å². The summed E-state index contributed by atoms with van der Waals surface area (Å²) in [7, 11) is 1.87. The zero-order chi connectivity index (χ0) is 14.5. The maximum absolute atomic E-state index is 6.04. The van der Waals surface area contributed by atoms with Crippen molar-refractivity contribution in [1.29, 1.82) is 0 Å². The average Bonchev–Trinajstić information content (AvgIpc) is 2.45. The van der Waals surface area contributed by atoms with Gasteiger partial charge < -0.3 is 5.32 Å². The molecule has 20 heavy (non-hydrogen) atoms. The van der Waals surface area contributed by atoms with Gasteiger partial charge in [-0.05, 0) is 43.3 Å². The lowest BCUT2D eigenvalue weighted by atomic mass is 10.1. The lowest BCUT2D eigenvalue weighted by Gasteiger charge is -2.10. The molecular formula is C15H15Cl2N3. The summed E-state index contributed by atoms with van der Waals surface area (Å²) in [6.07, 6.45) is 0. The molecule has 0 bridgehead atoms. The Kier molecular flexibility index (Phi) is 4.88. The summed E-state index contributed by atoms with van der Waals surface area (Å²) in [6.45, 7) is 1.92. The van der Waals surface area contributed by atoms with Crippen LogP contribution in [0, 0.1) is 0 Å². The van der Waals surface area contributed by atoms with Crippen LogP contribution < -0.4 is 10.7 Å². The van der Waals surface area contributed by atoms with Crippen molar-refractivity contribution in [2.45, 2.75) is 6.92 Å². The molecule has 0 heterocycles. The summed E-state index contributed by atoms with van der Waals surface area (Å²) in [5.41, 5.74) is 6.58. The minimum Gasteiger partial charge on any atom is -0.388 e. The number of benzene rings is 2. The van der Waals surface area contributed by atoms with Gasteiger partial charge in [0.25, 0.3) is 0 Å². The lowest BCUT2D eigenvalue weighted by Crippen LogP contribution is -2.04. The molecule has 5 heteroatoms. The van der Waals surface area contributed by atoms with Crippen molar-refractivity contribution in [3.05, 3.63) is 58.1 Å². The minimum absolute atomic E-state index is 0.668. The predicted molar refractivity (Wildman–Crippen MR) is 88.3 cm³/mol. The van der Waals surface area contributed by atoms with Crippen molar-refractivity contribution in [2.24, 2.45) is 5.10 Å². The summed E-state index contributed by atoms with van der Waals surface area (Å²) >= 11 is 12.0. The summed E-state index contributed by atoms with van der Waals surface area (Å²) in [4.78, 5) is 0. The molecule has 0 spiro atoms. The molecule has 2 aromatic carbocycles. The van der Waals surface area contributed by atoms with Crippen molar-refractivity contribution in [2.75, 3.05) is 17.8 Å². The van der Waals surface area contributed by atoms with Crippen molar-refractivity contribution in [3.63, 3.8) is 0 Å². The van der Waals surface area contributed by atoms with Gasteiger partial charge in [-0.3, -0.25) is 5.43 Å². The van der Waals surface area contributed by atoms with Crippen LogP contribution in [0.1, 0.15) is 12.5 Å². The van der Waals surface area contributed by atoms with E-state index in [4.69, 9.17) is 23.2 Å². The Morgan fingerprint density at radius 1 is 1.05 bits per heavy atom. The molecule has 0 aliphatic carbocycles. The van der Waals surface area contributed by atoms with Crippen molar-refractivity contribution in [1.82, 2.24) is 0 Å². The van der Waals surface area contributed by atoms with E-state index >= 15 is 0 Å². The summed E-state index contributed by atoms with van der Waals surface area (Å²) < 4.78 is 0. The van der Waals surface area contributed by atoms with E-state index in [2.05, 4.69) is 15.8 Å². The monoisotopic (exact) mass is 307 g/mol. The van der Waals surface area contributed by atoms with Crippen LogP contribution in [-0.2, 0) is 0 Å². The maximum atomic E-state index is 6.04. The van der Waals surface area contributed by atoms with Gasteiger partial charge in [-0.25, -0.2) is 0 Å². The molecule has 2 rings (SSSR count). The van der Waals surface area contributed by atoms with E-state index in [1.54, 1.807) is 0 Å². The third-order valence-electron chi connectivity index (χ3n) is 2.82. The smallest absolute Gasteiger partial charge is 0.0669 e. The van der Waals surface area contributed by atoms with Gasteiger partial charge >= 0.3 is 0 Å². The Hall–Kier alpha value is -1.71. The van der Waals surface area contributed by atoms with Gasteiger partial charge in [0.15, 0.2) is 0 Å². The van der Waals surface area contributed by atoms with E-state index in [0.29, 0.717) is 10.0 Å². The number of anilines is 2. The third-order valence-corrected chi connectivity index (χ3v) is 3.29. The highest BCUT2D eigenvalue weighted by Crippen LogP contribution is 2.21. The molecule has 0 radical (unpaired) electrons. The first kappa shape index (κ1) is 14.7. The standard InChI is InChI=1S/C15H15Cl2N3/c1-10(14-9-12(17)6-7-15(14)18-2)19-20-13-5-3-4-11(16)8-13/h3-9,18,20H,1-2H3/b19-10-. The van der Waals surface area contributed by atoms with E-state index in [1.807, 2.05) is 56.4 Å². The van der Waals surface area contributed by atoms with Crippen LogP contribution in [-0.4, -0.2) is 12.8 Å². The molecule has 2 aromatic rings. The Morgan fingerprint density at radius 3 is 2.50 bits per heavy atom. The van der Waals surface area contributed by atoms with E-state index in [0.717, 1.165) is 22.6 Å². The van der Waals surface area contributed by atoms with Gasteiger partial charge in [0.1, 0.15) is 0 Å². The van der Waals surface area contributed by atoms with E-state index in [-0.39, 0.29) is 0 Å². The zero-order valence-electron chi connectivity index (χ0n) is 11.2. The first-order valence-electron chi connectivity index (χ1n) is 6.13. The van der Waals surface area contributed by atoms with Crippen LogP contribution in [0.15, 0.2) is 47.6 Å². The van der Waals surface area contributed by atoms with Crippen molar-refractivity contribution < 1.29 is 0 Å². The molecule has 0 fully saturated rings. The number of nitrogens with zero attached hydrogens (tertiary/aromatic N) is 1. The molecule has 0 saturated carbocycles. The molecule has 0 saturated heterocycles. The second-order valence-corrected chi connectivity index (χ2v) is 5.13. The lowest BCUT2D eigenvalue weighted by molar-refractivity contribution is 1.32. The number of rotatable bonds is 4.